The molecule has 0 radical (unpaired) electrons. The molecule has 1 N–H and O–H groups in total. The molecule has 2 spiro atoms. The Labute approximate surface area is 224 Å². The van der Waals surface area contributed by atoms with Gasteiger partial charge in [-0.05, 0) is 74.6 Å². The number of carboxylic acid groups (broad SMARTS) is 1. The van der Waals surface area contributed by atoms with Gasteiger partial charge in [-0.3, -0.25) is 4.90 Å². The van der Waals surface area contributed by atoms with Crippen molar-refractivity contribution in [1.29, 1.82) is 0 Å². The number of hydrogen-bond donors (Lipinski definition) is 1. The van der Waals surface area contributed by atoms with E-state index in [1.807, 2.05) is 13.2 Å². The molecule has 6 nitrogen and oxygen atoms in total. The third-order valence-electron chi connectivity index (χ3n) is 11.5. The van der Waals surface area contributed by atoms with E-state index in [2.05, 4.69) is 35.2 Å². The van der Waals surface area contributed by atoms with Crippen LogP contribution in [0.15, 0.2) is 42.5 Å². The van der Waals surface area contributed by atoms with Crippen LogP contribution in [-0.2, 0) is 27.9 Å². The number of rotatable bonds is 8. The Morgan fingerprint density at radius 3 is 2.74 bits per heavy atom. The average Bonchev–Trinajstić information content (AvgIpc) is 3.67. The van der Waals surface area contributed by atoms with Crippen molar-refractivity contribution in [2.24, 2.45) is 17.3 Å². The Hall–Kier alpha value is -2.41. The first-order valence-electron chi connectivity index (χ1n) is 14.5. The molecular weight excluding hydrogens is 478 g/mol. The molecule has 200 valence electrons. The summed E-state index contributed by atoms with van der Waals surface area (Å²) < 4.78 is 19.9. The topological polar surface area (TPSA) is 68.2 Å². The van der Waals surface area contributed by atoms with Gasteiger partial charge in [0.05, 0.1) is 13.2 Å². The van der Waals surface area contributed by atoms with Gasteiger partial charge in [0.15, 0.2) is 0 Å². The van der Waals surface area contributed by atoms with E-state index in [1.54, 1.807) is 6.07 Å². The molecule has 38 heavy (non-hydrogen) atoms. The molecule has 9 rings (SSSR count). The zero-order valence-electron chi connectivity index (χ0n) is 22.2. The smallest absolute Gasteiger partial charge is 0.339 e. The van der Waals surface area contributed by atoms with Gasteiger partial charge in [0, 0.05) is 42.0 Å². The molecule has 2 aromatic rings. The number of carboxylic acids is 1. The number of aromatic carboxylic acids is 1. The number of methoxy groups -OCH3 is 1. The monoisotopic (exact) mass is 515 g/mol. The van der Waals surface area contributed by atoms with Crippen LogP contribution in [0.25, 0.3) is 0 Å². The lowest BCUT2D eigenvalue weighted by Gasteiger charge is -2.74. The molecule has 6 atom stereocenters. The predicted octanol–water partition coefficient (Wildman–Crippen LogP) is 4.83. The lowest BCUT2D eigenvalue weighted by atomic mass is 9.35. The standard InChI is InChI=1S/C32H37NO5/c1-36-32-12-11-30(16-23(32)19-37-18-21-5-3-2-4-6-21)25-15-22-9-10-24(28(34)35)27-26(22)31(30,29(32)38-27)13-14-33(25)17-20-7-8-20/h2-6,9-10,20,23,25,29H,7-8,11-19H2,1H3,(H,34,35)/t23-,25-,29-,30-,31+,32-/m1/s1. The van der Waals surface area contributed by atoms with Gasteiger partial charge < -0.3 is 19.3 Å². The number of piperidine rings is 1. The van der Waals surface area contributed by atoms with Crippen LogP contribution in [-0.4, -0.2) is 60.5 Å². The Balaban J connectivity index is 1.24. The molecule has 2 heterocycles. The fourth-order valence-electron chi connectivity index (χ4n) is 9.82. The normalized spacial score (nSPS) is 38.1. The number of carbonyl (C=O) groups is 1. The molecule has 5 aliphatic carbocycles. The van der Waals surface area contributed by atoms with Crippen molar-refractivity contribution in [3.8, 4) is 5.75 Å². The molecule has 2 aliphatic heterocycles. The molecule has 1 saturated heterocycles. The van der Waals surface area contributed by atoms with Gasteiger partial charge in [0.25, 0.3) is 0 Å². The van der Waals surface area contributed by atoms with Crippen molar-refractivity contribution >= 4 is 5.97 Å². The van der Waals surface area contributed by atoms with E-state index in [-0.39, 0.29) is 22.9 Å². The molecule has 6 heteroatoms. The van der Waals surface area contributed by atoms with Crippen LogP contribution in [0.1, 0.15) is 65.6 Å². The first-order chi connectivity index (χ1) is 18.5. The number of hydrogen-bond acceptors (Lipinski definition) is 5. The van der Waals surface area contributed by atoms with Crippen molar-refractivity contribution in [2.45, 2.75) is 74.7 Å². The van der Waals surface area contributed by atoms with Crippen LogP contribution in [0.5, 0.6) is 5.75 Å². The van der Waals surface area contributed by atoms with Crippen LogP contribution in [0.2, 0.25) is 0 Å². The molecule has 0 unspecified atom stereocenters. The maximum Gasteiger partial charge on any atom is 0.339 e. The number of nitrogens with zero attached hydrogens (tertiary/aromatic N) is 1. The summed E-state index contributed by atoms with van der Waals surface area (Å²) >= 11 is 0. The second-order valence-corrected chi connectivity index (χ2v) is 12.9. The summed E-state index contributed by atoms with van der Waals surface area (Å²) in [6.45, 7) is 3.48. The zero-order chi connectivity index (χ0) is 25.7. The summed E-state index contributed by atoms with van der Waals surface area (Å²) in [6, 6.07) is 14.7. The molecule has 5 fully saturated rings. The average molecular weight is 516 g/mol. The molecule has 4 bridgehead atoms. The lowest BCUT2D eigenvalue weighted by Crippen LogP contribution is -2.81. The third kappa shape index (κ3) is 2.87. The fourth-order valence-corrected chi connectivity index (χ4v) is 9.82. The van der Waals surface area contributed by atoms with Crippen LogP contribution in [0.4, 0.5) is 0 Å². The summed E-state index contributed by atoms with van der Waals surface area (Å²) in [7, 11) is 1.84. The zero-order valence-corrected chi connectivity index (χ0v) is 22.2. The maximum absolute atomic E-state index is 12.4. The van der Waals surface area contributed by atoms with E-state index in [9.17, 15) is 9.90 Å². The van der Waals surface area contributed by atoms with Gasteiger partial charge in [-0.1, -0.05) is 36.4 Å². The van der Waals surface area contributed by atoms with Gasteiger partial charge >= 0.3 is 5.97 Å². The van der Waals surface area contributed by atoms with Gasteiger partial charge in [0.1, 0.15) is 23.0 Å². The minimum atomic E-state index is -0.901. The van der Waals surface area contributed by atoms with E-state index in [0.717, 1.165) is 44.6 Å². The number of fused-ring (bicyclic) bond motifs is 2. The van der Waals surface area contributed by atoms with Crippen molar-refractivity contribution in [1.82, 2.24) is 4.90 Å². The molecule has 0 aromatic heterocycles. The summed E-state index contributed by atoms with van der Waals surface area (Å²) in [5.74, 6) is 0.780. The second-order valence-electron chi connectivity index (χ2n) is 12.9. The predicted molar refractivity (Wildman–Crippen MR) is 142 cm³/mol. The largest absolute Gasteiger partial charge is 0.485 e. The summed E-state index contributed by atoms with van der Waals surface area (Å²) in [6.07, 6.45) is 7.66. The summed E-state index contributed by atoms with van der Waals surface area (Å²) in [5, 5.41) is 10.1. The third-order valence-corrected chi connectivity index (χ3v) is 11.5. The fraction of sp³-hybridized carbons (Fsp3) is 0.594. The van der Waals surface area contributed by atoms with Crippen LogP contribution >= 0.6 is 0 Å². The minimum absolute atomic E-state index is 0.0568. The number of ether oxygens (including phenoxy) is 3. The van der Waals surface area contributed by atoms with E-state index in [4.69, 9.17) is 14.2 Å². The highest BCUT2D eigenvalue weighted by atomic mass is 16.6. The Bertz CT molecular complexity index is 1290. The molecule has 0 amide bonds. The van der Waals surface area contributed by atoms with Gasteiger partial charge in [-0.15, -0.1) is 0 Å². The minimum Gasteiger partial charge on any atom is -0.485 e. The van der Waals surface area contributed by atoms with E-state index in [0.29, 0.717) is 30.6 Å². The molecule has 4 saturated carbocycles. The lowest BCUT2D eigenvalue weighted by molar-refractivity contribution is -0.283. The highest BCUT2D eigenvalue weighted by Gasteiger charge is 2.80. The molecular formula is C32H37NO5. The second kappa shape index (κ2) is 8.06. The summed E-state index contributed by atoms with van der Waals surface area (Å²) in [4.78, 5) is 15.2. The van der Waals surface area contributed by atoms with Crippen molar-refractivity contribution in [2.75, 3.05) is 26.8 Å². The number of likely N-dealkylation sites (tertiary alicyclic amines) is 1. The van der Waals surface area contributed by atoms with Crippen molar-refractivity contribution in [3.63, 3.8) is 0 Å². The number of benzene rings is 2. The first-order valence-corrected chi connectivity index (χ1v) is 14.5. The van der Waals surface area contributed by atoms with Crippen molar-refractivity contribution in [3.05, 3.63) is 64.7 Å². The maximum atomic E-state index is 12.4. The van der Waals surface area contributed by atoms with Crippen LogP contribution in [0, 0.1) is 17.3 Å². The first kappa shape index (κ1) is 23.5. The van der Waals surface area contributed by atoms with E-state index in [1.165, 1.54) is 36.1 Å². The Kier molecular flexibility index (Phi) is 4.98. The van der Waals surface area contributed by atoms with Crippen LogP contribution < -0.4 is 4.74 Å². The molecule has 2 aromatic carbocycles. The van der Waals surface area contributed by atoms with Crippen molar-refractivity contribution < 1.29 is 24.1 Å². The van der Waals surface area contributed by atoms with Crippen LogP contribution in [0.3, 0.4) is 0 Å². The summed E-state index contributed by atoms with van der Waals surface area (Å²) in [5.41, 5.74) is 3.40. The SMILES string of the molecule is CO[C@]12CC[C@@]3(C[C@@H]1COCc1ccccc1)[C@H]1Cc4ccc(C(=O)O)c5c4[C@@]3(CCN1CC1CC1)[C@H]2O5. The van der Waals surface area contributed by atoms with E-state index >= 15 is 0 Å². The van der Waals surface area contributed by atoms with E-state index < -0.39 is 11.6 Å². The quantitative estimate of drug-likeness (QED) is 0.544. The Morgan fingerprint density at radius 2 is 1.97 bits per heavy atom. The Morgan fingerprint density at radius 1 is 1.13 bits per heavy atom. The highest BCUT2D eigenvalue weighted by Crippen LogP contribution is 2.76. The van der Waals surface area contributed by atoms with Gasteiger partial charge in [-0.2, -0.15) is 0 Å². The van der Waals surface area contributed by atoms with Gasteiger partial charge in [0.2, 0.25) is 0 Å². The molecule has 7 aliphatic rings. The highest BCUT2D eigenvalue weighted by molar-refractivity contribution is 5.92. The van der Waals surface area contributed by atoms with Gasteiger partial charge in [-0.25, -0.2) is 4.79 Å².